The van der Waals surface area contributed by atoms with Gasteiger partial charge in [-0.1, -0.05) is 36.3 Å². The van der Waals surface area contributed by atoms with E-state index in [1.165, 1.54) is 5.56 Å². The second-order valence-corrected chi connectivity index (χ2v) is 4.64. The summed E-state index contributed by atoms with van der Waals surface area (Å²) in [5.41, 5.74) is 1.16. The quantitative estimate of drug-likeness (QED) is 0.760. The molecule has 17 heavy (non-hydrogen) atoms. The van der Waals surface area contributed by atoms with Crippen LogP contribution < -0.4 is 5.32 Å². The van der Waals surface area contributed by atoms with Crippen molar-refractivity contribution < 1.29 is 4.74 Å². The fourth-order valence-electron chi connectivity index (χ4n) is 1.42. The second kappa shape index (κ2) is 7.11. The van der Waals surface area contributed by atoms with Gasteiger partial charge in [0.1, 0.15) is 0 Å². The Balaban J connectivity index is 2.26. The van der Waals surface area contributed by atoms with E-state index in [0.29, 0.717) is 19.8 Å². The molecule has 1 rings (SSSR count). The summed E-state index contributed by atoms with van der Waals surface area (Å²) in [5, 5.41) is 3.35. The Hall–Kier alpha value is -1.30. The lowest BCUT2D eigenvalue weighted by Gasteiger charge is -2.25. The zero-order chi connectivity index (χ0) is 12.6. The molecule has 0 aliphatic carbocycles. The summed E-state index contributed by atoms with van der Waals surface area (Å²) in [6, 6.07) is 10.2. The third-order valence-corrected chi connectivity index (χ3v) is 2.41. The van der Waals surface area contributed by atoms with Crippen LogP contribution in [0.1, 0.15) is 26.3 Å². The van der Waals surface area contributed by atoms with Gasteiger partial charge in [-0.25, -0.2) is 0 Å². The number of hydrogen-bond acceptors (Lipinski definition) is 2. The van der Waals surface area contributed by atoms with Crippen molar-refractivity contribution in [3.05, 3.63) is 35.9 Å². The summed E-state index contributed by atoms with van der Waals surface area (Å²) in [6.45, 7) is 8.13. The van der Waals surface area contributed by atoms with Crippen LogP contribution in [-0.2, 0) is 11.3 Å². The van der Waals surface area contributed by atoms with Crippen LogP contribution in [-0.4, -0.2) is 18.7 Å². The number of ether oxygens (including phenoxy) is 1. The molecule has 92 valence electrons. The van der Waals surface area contributed by atoms with Gasteiger partial charge in [0.2, 0.25) is 0 Å². The Kier molecular flexibility index (Phi) is 5.76. The molecular weight excluding hydrogens is 210 g/mol. The van der Waals surface area contributed by atoms with Crippen molar-refractivity contribution in [3.63, 3.8) is 0 Å². The van der Waals surface area contributed by atoms with Gasteiger partial charge in [-0.2, -0.15) is 0 Å². The Labute approximate surface area is 104 Å². The fourth-order valence-corrected chi connectivity index (χ4v) is 1.42. The minimum absolute atomic E-state index is 0.0430. The van der Waals surface area contributed by atoms with E-state index in [2.05, 4.69) is 43.1 Å². The summed E-state index contributed by atoms with van der Waals surface area (Å²) >= 11 is 0. The molecule has 0 saturated carbocycles. The summed E-state index contributed by atoms with van der Waals surface area (Å²) in [7, 11) is 0. The molecule has 2 heteroatoms. The molecule has 0 aliphatic heterocycles. The van der Waals surface area contributed by atoms with Gasteiger partial charge in [0.25, 0.3) is 0 Å². The van der Waals surface area contributed by atoms with Gasteiger partial charge in [0, 0.05) is 5.54 Å². The Morgan fingerprint density at radius 2 is 1.94 bits per heavy atom. The summed E-state index contributed by atoms with van der Waals surface area (Å²) < 4.78 is 5.70. The summed E-state index contributed by atoms with van der Waals surface area (Å²) in [4.78, 5) is 0. The predicted octanol–water partition coefficient (Wildman–Crippen LogP) is 2.59. The lowest BCUT2D eigenvalue weighted by molar-refractivity contribution is 0.0727. The van der Waals surface area contributed by atoms with Crippen molar-refractivity contribution in [2.75, 3.05) is 13.2 Å². The number of rotatable bonds is 6. The van der Waals surface area contributed by atoms with Gasteiger partial charge in [0.15, 0.2) is 0 Å². The first-order valence-electron chi connectivity index (χ1n) is 5.90. The molecule has 0 saturated heterocycles. The molecule has 1 N–H and O–H groups in total. The van der Waals surface area contributed by atoms with E-state index in [0.717, 1.165) is 0 Å². The molecule has 0 fully saturated rings. The van der Waals surface area contributed by atoms with E-state index in [-0.39, 0.29) is 5.54 Å². The van der Waals surface area contributed by atoms with Gasteiger partial charge in [0.05, 0.1) is 19.8 Å². The van der Waals surface area contributed by atoms with E-state index in [1.807, 2.05) is 25.1 Å². The van der Waals surface area contributed by atoms with Crippen LogP contribution in [0.5, 0.6) is 0 Å². The van der Waals surface area contributed by atoms with Crippen molar-refractivity contribution in [3.8, 4) is 11.8 Å². The van der Waals surface area contributed by atoms with Crippen molar-refractivity contribution in [2.24, 2.45) is 0 Å². The molecule has 0 amide bonds. The van der Waals surface area contributed by atoms with Crippen LogP contribution in [0, 0.1) is 11.8 Å². The molecule has 0 heterocycles. The zero-order valence-electron chi connectivity index (χ0n) is 10.9. The topological polar surface area (TPSA) is 21.3 Å². The summed E-state index contributed by atoms with van der Waals surface area (Å²) in [6.07, 6.45) is 0. The highest BCUT2D eigenvalue weighted by Crippen LogP contribution is 2.06. The smallest absolute Gasteiger partial charge is 0.0717 e. The molecule has 0 radical (unpaired) electrons. The van der Waals surface area contributed by atoms with Crippen LogP contribution in [0.2, 0.25) is 0 Å². The van der Waals surface area contributed by atoms with Crippen LogP contribution >= 0.6 is 0 Å². The van der Waals surface area contributed by atoms with E-state index >= 15 is 0 Å². The Morgan fingerprint density at radius 3 is 2.59 bits per heavy atom. The summed E-state index contributed by atoms with van der Waals surface area (Å²) in [5.74, 6) is 5.86. The maximum atomic E-state index is 5.70. The molecule has 0 unspecified atom stereocenters. The van der Waals surface area contributed by atoms with Gasteiger partial charge >= 0.3 is 0 Å². The second-order valence-electron chi connectivity index (χ2n) is 4.64. The largest absolute Gasteiger partial charge is 0.375 e. The molecule has 0 spiro atoms. The maximum Gasteiger partial charge on any atom is 0.0717 e. The first kappa shape index (κ1) is 13.8. The first-order chi connectivity index (χ1) is 8.14. The van der Waals surface area contributed by atoms with Gasteiger partial charge in [-0.15, -0.1) is 5.92 Å². The van der Waals surface area contributed by atoms with Crippen molar-refractivity contribution in [1.82, 2.24) is 5.32 Å². The van der Waals surface area contributed by atoms with Crippen molar-refractivity contribution in [1.29, 1.82) is 0 Å². The van der Waals surface area contributed by atoms with Gasteiger partial charge in [-0.3, -0.25) is 5.32 Å². The Morgan fingerprint density at radius 1 is 1.24 bits per heavy atom. The van der Waals surface area contributed by atoms with E-state index in [4.69, 9.17) is 4.74 Å². The van der Waals surface area contributed by atoms with Crippen LogP contribution in [0.15, 0.2) is 30.3 Å². The van der Waals surface area contributed by atoms with Crippen LogP contribution in [0.4, 0.5) is 0 Å². The minimum atomic E-state index is -0.0430. The molecule has 1 aromatic carbocycles. The number of nitrogens with one attached hydrogen (secondary N) is 1. The average Bonchev–Trinajstić information content (AvgIpc) is 2.30. The van der Waals surface area contributed by atoms with Crippen molar-refractivity contribution in [2.45, 2.75) is 32.9 Å². The minimum Gasteiger partial charge on any atom is -0.375 e. The van der Waals surface area contributed by atoms with E-state index in [1.54, 1.807) is 0 Å². The molecular formula is C15H21NO. The van der Waals surface area contributed by atoms with Gasteiger partial charge in [-0.05, 0) is 26.3 Å². The first-order valence-corrected chi connectivity index (χ1v) is 5.90. The third-order valence-electron chi connectivity index (χ3n) is 2.41. The lowest BCUT2D eigenvalue weighted by atomic mass is 10.1. The molecule has 1 aromatic rings. The number of hydrogen-bond donors (Lipinski definition) is 1. The average molecular weight is 231 g/mol. The highest BCUT2D eigenvalue weighted by molar-refractivity contribution is 5.13. The molecule has 0 bridgehead atoms. The molecule has 0 aromatic heterocycles. The van der Waals surface area contributed by atoms with Gasteiger partial charge < -0.3 is 4.74 Å². The van der Waals surface area contributed by atoms with Crippen LogP contribution in [0.3, 0.4) is 0 Å². The van der Waals surface area contributed by atoms with Crippen LogP contribution in [0.25, 0.3) is 0 Å². The van der Waals surface area contributed by atoms with E-state index in [9.17, 15) is 0 Å². The zero-order valence-corrected chi connectivity index (χ0v) is 10.9. The maximum absolute atomic E-state index is 5.70. The standard InChI is InChI=1S/C15H21NO/c1-4-5-11-16-15(2,3)13-17-12-14-9-7-6-8-10-14/h6-10,16H,11-13H2,1-3H3. The van der Waals surface area contributed by atoms with Crippen molar-refractivity contribution >= 4 is 0 Å². The molecule has 0 atom stereocenters. The monoisotopic (exact) mass is 231 g/mol. The lowest BCUT2D eigenvalue weighted by Crippen LogP contribution is -2.43. The van der Waals surface area contributed by atoms with E-state index < -0.39 is 0 Å². The fraction of sp³-hybridized carbons (Fsp3) is 0.467. The highest BCUT2D eigenvalue weighted by atomic mass is 16.5. The normalized spacial score (nSPS) is 10.8. The SMILES string of the molecule is CC#CCNC(C)(C)COCc1ccccc1. The molecule has 0 aliphatic rings. The third kappa shape index (κ3) is 6.11. The highest BCUT2D eigenvalue weighted by Gasteiger charge is 2.16. The molecule has 2 nitrogen and oxygen atoms in total. The Bertz CT molecular complexity index is 373. The number of benzene rings is 1. The predicted molar refractivity (Wildman–Crippen MR) is 71.6 cm³/mol.